The quantitative estimate of drug-likeness (QED) is 0.403. The molecule has 8 heteroatoms. The van der Waals surface area contributed by atoms with Gasteiger partial charge >= 0.3 is 5.97 Å². The van der Waals surface area contributed by atoms with Crippen molar-refractivity contribution in [3.63, 3.8) is 0 Å². The molecule has 0 aromatic heterocycles. The van der Waals surface area contributed by atoms with E-state index in [2.05, 4.69) is 10.6 Å². The van der Waals surface area contributed by atoms with Gasteiger partial charge in [0.2, 0.25) is 5.91 Å². The number of aliphatic carboxylic acids is 1. The molecule has 0 spiro atoms. The van der Waals surface area contributed by atoms with Gasteiger partial charge in [-0.15, -0.1) is 0 Å². The molecule has 2 aromatic rings. The fourth-order valence-electron chi connectivity index (χ4n) is 4.27. The second kappa shape index (κ2) is 13.2. The van der Waals surface area contributed by atoms with Gasteiger partial charge in [-0.2, -0.15) is 0 Å². The lowest BCUT2D eigenvalue weighted by Gasteiger charge is -2.38. The molecule has 2 aromatic carbocycles. The number of hydrogen-bond acceptors (Lipinski definition) is 5. The van der Waals surface area contributed by atoms with Crippen LogP contribution in [0, 0.1) is 5.82 Å². The van der Waals surface area contributed by atoms with E-state index in [1.54, 1.807) is 18.2 Å². The van der Waals surface area contributed by atoms with Gasteiger partial charge in [0, 0.05) is 25.1 Å². The fourth-order valence-corrected chi connectivity index (χ4v) is 4.27. The summed E-state index contributed by atoms with van der Waals surface area (Å²) in [5, 5.41) is 16.1. The maximum absolute atomic E-state index is 13.1. The Hall–Kier alpha value is -3.23. The van der Waals surface area contributed by atoms with Crippen molar-refractivity contribution >= 4 is 11.9 Å². The van der Waals surface area contributed by atoms with Gasteiger partial charge in [0.25, 0.3) is 0 Å². The molecule has 3 atom stereocenters. The van der Waals surface area contributed by atoms with Gasteiger partial charge < -0.3 is 25.2 Å². The van der Waals surface area contributed by atoms with Crippen molar-refractivity contribution in [1.82, 2.24) is 10.6 Å². The Morgan fingerprint density at radius 3 is 2.28 bits per heavy atom. The van der Waals surface area contributed by atoms with Crippen LogP contribution in [0.1, 0.15) is 51.2 Å². The second-order valence-corrected chi connectivity index (χ2v) is 9.01. The summed E-state index contributed by atoms with van der Waals surface area (Å²) >= 11 is 0. The summed E-state index contributed by atoms with van der Waals surface area (Å²) in [4.78, 5) is 23.8. The molecule has 0 unspecified atom stereocenters. The molecule has 36 heavy (non-hydrogen) atoms. The minimum Gasteiger partial charge on any atom is -0.489 e. The molecule has 3 N–H and O–H groups in total. The van der Waals surface area contributed by atoms with Crippen LogP contribution in [0.15, 0.2) is 60.2 Å². The Labute approximate surface area is 211 Å². The van der Waals surface area contributed by atoms with Crippen molar-refractivity contribution < 1.29 is 28.6 Å². The zero-order valence-electron chi connectivity index (χ0n) is 21.0. The zero-order valence-corrected chi connectivity index (χ0v) is 21.0. The van der Waals surface area contributed by atoms with E-state index in [0.717, 1.165) is 24.0 Å². The first-order valence-electron chi connectivity index (χ1n) is 12.3. The molecule has 1 aliphatic carbocycles. The average molecular weight is 499 g/mol. The van der Waals surface area contributed by atoms with E-state index in [1.807, 2.05) is 38.1 Å². The van der Waals surface area contributed by atoms with Crippen molar-refractivity contribution in [2.24, 2.45) is 0 Å². The van der Waals surface area contributed by atoms with Crippen LogP contribution >= 0.6 is 0 Å². The van der Waals surface area contributed by atoms with E-state index in [0.29, 0.717) is 18.9 Å². The molecule has 0 saturated heterocycles. The van der Waals surface area contributed by atoms with Crippen LogP contribution in [0.25, 0.3) is 0 Å². The first-order chi connectivity index (χ1) is 17.3. The molecule has 0 aliphatic heterocycles. The Morgan fingerprint density at radius 1 is 1.06 bits per heavy atom. The third-order valence-corrected chi connectivity index (χ3v) is 6.31. The molecule has 194 valence electrons. The molecule has 0 radical (unpaired) electrons. The number of carbonyl (C=O) groups is 2. The van der Waals surface area contributed by atoms with E-state index in [-0.39, 0.29) is 35.9 Å². The average Bonchev–Trinajstić information content (AvgIpc) is 2.87. The minimum absolute atomic E-state index is 0.0289. The Balaban J connectivity index is 1.66. The van der Waals surface area contributed by atoms with Crippen LogP contribution in [-0.2, 0) is 27.5 Å². The number of nitrogens with one attached hydrogen (secondary N) is 2. The largest absolute Gasteiger partial charge is 0.489 e. The van der Waals surface area contributed by atoms with E-state index >= 15 is 0 Å². The van der Waals surface area contributed by atoms with Gasteiger partial charge in [0.15, 0.2) is 0 Å². The highest BCUT2D eigenvalue weighted by Crippen LogP contribution is 2.25. The second-order valence-electron chi connectivity index (χ2n) is 9.01. The summed E-state index contributed by atoms with van der Waals surface area (Å²) in [6.45, 7) is 6.31. The number of amides is 1. The van der Waals surface area contributed by atoms with Crippen molar-refractivity contribution in [3.8, 4) is 5.75 Å². The first kappa shape index (κ1) is 27.4. The number of hydrogen-bond donors (Lipinski definition) is 3. The first-order valence-corrected chi connectivity index (χ1v) is 12.3. The monoisotopic (exact) mass is 498 g/mol. The highest BCUT2D eigenvalue weighted by Gasteiger charge is 2.37. The molecule has 7 nitrogen and oxygen atoms in total. The van der Waals surface area contributed by atoms with E-state index in [1.165, 1.54) is 19.1 Å². The normalized spacial score (nSPS) is 19.6. The predicted molar refractivity (Wildman–Crippen MR) is 135 cm³/mol. The third-order valence-electron chi connectivity index (χ3n) is 6.31. The number of benzene rings is 2. The smallest absolute Gasteiger partial charge is 0.331 e. The Bertz CT molecular complexity index is 1030. The van der Waals surface area contributed by atoms with Crippen LogP contribution in [0.4, 0.5) is 4.39 Å². The van der Waals surface area contributed by atoms with Gasteiger partial charge in [-0.25, -0.2) is 9.18 Å². The lowest BCUT2D eigenvalue weighted by atomic mass is 9.87. The van der Waals surface area contributed by atoms with E-state index < -0.39 is 18.1 Å². The molecule has 0 bridgehead atoms. The van der Waals surface area contributed by atoms with Crippen LogP contribution in [0.3, 0.4) is 0 Å². The maximum atomic E-state index is 13.1. The maximum Gasteiger partial charge on any atom is 0.331 e. The number of carbonyl (C=O) groups excluding carboxylic acids is 1. The summed E-state index contributed by atoms with van der Waals surface area (Å²) in [7, 11) is 0. The van der Waals surface area contributed by atoms with Gasteiger partial charge in [-0.1, -0.05) is 38.1 Å². The van der Waals surface area contributed by atoms with Crippen LogP contribution < -0.4 is 15.4 Å². The van der Waals surface area contributed by atoms with Crippen molar-refractivity contribution in [2.75, 3.05) is 0 Å². The van der Waals surface area contributed by atoms with E-state index in [4.69, 9.17) is 9.47 Å². The molecule has 0 saturated carbocycles. The number of carboxylic acids is 1. The van der Waals surface area contributed by atoms with Gasteiger partial charge in [0.1, 0.15) is 18.2 Å². The lowest BCUT2D eigenvalue weighted by molar-refractivity contribution is -0.133. The van der Waals surface area contributed by atoms with Gasteiger partial charge in [-0.05, 0) is 60.7 Å². The summed E-state index contributed by atoms with van der Waals surface area (Å²) < 4.78 is 25.0. The summed E-state index contributed by atoms with van der Waals surface area (Å²) in [6, 6.07) is 13.0. The standard InChI is InChI=1S/C28H35FN2O5/c1-4-23(5-2)36-26-15-21(28(33)34)14-25(27(26)31-18(3)32)30-16-19-8-12-24(13-9-19)35-17-20-6-10-22(29)11-7-20/h6-13,15,23,25-27,30H,4-5,14,16-17H2,1-3H3,(H,31,32)(H,33,34)/t25-,26+,27+/m0/s1. The molecule has 3 rings (SSSR count). The topological polar surface area (TPSA) is 96.9 Å². The Kier molecular flexibility index (Phi) is 10.0. The lowest BCUT2D eigenvalue weighted by Crippen LogP contribution is -2.58. The number of halogens is 1. The molecular weight excluding hydrogens is 463 g/mol. The predicted octanol–water partition coefficient (Wildman–Crippen LogP) is 4.36. The van der Waals surface area contributed by atoms with Crippen LogP contribution in [0.2, 0.25) is 0 Å². The minimum atomic E-state index is -0.983. The highest BCUT2D eigenvalue weighted by molar-refractivity contribution is 5.87. The molecule has 0 fully saturated rings. The summed E-state index contributed by atoms with van der Waals surface area (Å²) in [5.41, 5.74) is 2.13. The fraction of sp³-hybridized carbons (Fsp3) is 0.429. The third kappa shape index (κ3) is 7.90. The van der Waals surface area contributed by atoms with Crippen molar-refractivity contribution in [1.29, 1.82) is 0 Å². The number of ether oxygens (including phenoxy) is 2. The summed E-state index contributed by atoms with van der Waals surface area (Å²) in [6.07, 6.45) is 2.92. The van der Waals surface area contributed by atoms with Crippen molar-refractivity contribution in [2.45, 2.75) is 77.5 Å². The highest BCUT2D eigenvalue weighted by atomic mass is 19.1. The SMILES string of the molecule is CCC(CC)O[C@@H]1C=C(C(=O)O)C[C@H](NCc2ccc(OCc3ccc(F)cc3)cc2)[C@H]1NC(C)=O. The molecule has 0 heterocycles. The van der Waals surface area contributed by atoms with Gasteiger partial charge in [-0.3, -0.25) is 4.79 Å². The molecule has 1 aliphatic rings. The van der Waals surface area contributed by atoms with Crippen LogP contribution in [0.5, 0.6) is 5.75 Å². The Morgan fingerprint density at radius 2 is 1.69 bits per heavy atom. The molecular formula is C28H35FN2O5. The van der Waals surface area contributed by atoms with Crippen molar-refractivity contribution in [3.05, 3.63) is 77.1 Å². The summed E-state index contributed by atoms with van der Waals surface area (Å²) in [5.74, 6) is -0.774. The van der Waals surface area contributed by atoms with Gasteiger partial charge in [0.05, 0.1) is 18.2 Å². The molecule has 1 amide bonds. The number of rotatable bonds is 12. The van der Waals surface area contributed by atoms with Crippen LogP contribution in [-0.4, -0.2) is 41.3 Å². The zero-order chi connectivity index (χ0) is 26.1. The van der Waals surface area contributed by atoms with E-state index in [9.17, 15) is 19.1 Å². The number of carboxylic acid groups (broad SMARTS) is 1.